The molecule has 0 fully saturated rings. The first-order valence-corrected chi connectivity index (χ1v) is 2.86. The summed E-state index contributed by atoms with van der Waals surface area (Å²) in [6, 6.07) is 0. The molecule has 0 spiro atoms. The van der Waals surface area contributed by atoms with Gasteiger partial charge in [-0.05, 0) is 0 Å². The smallest absolute Gasteiger partial charge is 0.240 e. The second kappa shape index (κ2) is 3.68. The van der Waals surface area contributed by atoms with Crippen LogP contribution in [-0.2, 0) is 0 Å². The minimum atomic E-state index is 0.102. The third kappa shape index (κ3) is 1.78. The maximum atomic E-state index is 8.19. The number of nitrogens with one attached hydrogen (secondary N) is 2. The number of hydrogen-bond donors (Lipinski definition) is 2. The van der Waals surface area contributed by atoms with Crippen LogP contribution in [0.4, 0.5) is 11.9 Å². The third-order valence-electron chi connectivity index (χ3n) is 0.907. The van der Waals surface area contributed by atoms with Gasteiger partial charge < -0.3 is 0 Å². The van der Waals surface area contributed by atoms with E-state index in [9.17, 15) is 0 Å². The van der Waals surface area contributed by atoms with E-state index in [2.05, 4.69) is 25.6 Å². The Morgan fingerprint density at radius 1 is 1.08 bits per heavy atom. The molecule has 0 radical (unpaired) electrons. The first-order chi connectivity index (χ1) is 5.86. The average Bonchev–Trinajstić information content (AvgIpc) is 2.06. The molecular weight excluding hydrogens is 158 g/mol. The van der Waals surface area contributed by atoms with Crippen LogP contribution in [0.25, 0.3) is 0 Å². The number of anilines is 2. The number of nitriles is 2. The van der Waals surface area contributed by atoms with Gasteiger partial charge in [0.25, 0.3) is 0 Å². The van der Waals surface area contributed by atoms with Crippen molar-refractivity contribution in [2.45, 2.75) is 0 Å². The summed E-state index contributed by atoms with van der Waals surface area (Å²) in [5.74, 6) is 0.204. The van der Waals surface area contributed by atoms with Gasteiger partial charge in [-0.2, -0.15) is 15.5 Å². The van der Waals surface area contributed by atoms with Crippen molar-refractivity contribution in [3.63, 3.8) is 0 Å². The first kappa shape index (κ1) is 7.69. The first-order valence-electron chi connectivity index (χ1n) is 2.86. The van der Waals surface area contributed by atoms with Crippen LogP contribution in [0.3, 0.4) is 0 Å². The lowest BCUT2D eigenvalue weighted by Gasteiger charge is -1.95. The van der Waals surface area contributed by atoms with Crippen molar-refractivity contribution in [3.8, 4) is 12.4 Å². The molecule has 0 bridgehead atoms. The Labute approximate surface area is 67.7 Å². The summed E-state index contributed by atoms with van der Waals surface area (Å²) in [4.78, 5) is 10.9. The highest BCUT2D eigenvalue weighted by Crippen LogP contribution is 1.99. The van der Waals surface area contributed by atoms with Crippen molar-refractivity contribution in [1.82, 2.24) is 15.0 Å². The topological polar surface area (TPSA) is 110 Å². The van der Waals surface area contributed by atoms with E-state index < -0.39 is 0 Å². The minimum Gasteiger partial charge on any atom is -0.261 e. The second-order valence-corrected chi connectivity index (χ2v) is 1.61. The van der Waals surface area contributed by atoms with Crippen LogP contribution in [0, 0.1) is 22.9 Å². The van der Waals surface area contributed by atoms with Crippen LogP contribution in [-0.4, -0.2) is 15.0 Å². The number of rotatable bonds is 2. The predicted molar refractivity (Wildman–Crippen MR) is 38.3 cm³/mol. The van der Waals surface area contributed by atoms with Gasteiger partial charge in [-0.1, -0.05) is 0 Å². The molecule has 0 atom stereocenters. The monoisotopic (exact) mass is 161 g/mol. The van der Waals surface area contributed by atoms with E-state index in [1.165, 1.54) is 6.33 Å². The largest absolute Gasteiger partial charge is 0.261 e. The summed E-state index contributed by atoms with van der Waals surface area (Å²) in [7, 11) is 0. The fourth-order valence-electron chi connectivity index (χ4n) is 0.517. The maximum Gasteiger partial charge on any atom is 0.240 e. The SMILES string of the molecule is N#CNc1ncnc(NC#N)n1. The van der Waals surface area contributed by atoms with Gasteiger partial charge in [0.2, 0.25) is 11.9 Å². The Kier molecular flexibility index (Phi) is 2.36. The van der Waals surface area contributed by atoms with Crippen molar-refractivity contribution in [2.24, 2.45) is 0 Å². The van der Waals surface area contributed by atoms with Crippen LogP contribution in [0.15, 0.2) is 6.33 Å². The zero-order valence-corrected chi connectivity index (χ0v) is 5.81. The molecule has 7 nitrogen and oxygen atoms in total. The Bertz CT molecular complexity index is 314. The molecule has 1 aromatic heterocycles. The molecule has 0 saturated heterocycles. The van der Waals surface area contributed by atoms with Crippen molar-refractivity contribution in [2.75, 3.05) is 10.6 Å². The normalized spacial score (nSPS) is 7.83. The van der Waals surface area contributed by atoms with E-state index in [0.29, 0.717) is 0 Å². The Balaban J connectivity index is 2.84. The fourth-order valence-corrected chi connectivity index (χ4v) is 0.517. The molecule has 2 N–H and O–H groups in total. The molecule has 0 aromatic carbocycles. The summed E-state index contributed by atoms with van der Waals surface area (Å²) in [6.45, 7) is 0. The van der Waals surface area contributed by atoms with Gasteiger partial charge >= 0.3 is 0 Å². The highest BCUT2D eigenvalue weighted by atomic mass is 15.2. The van der Waals surface area contributed by atoms with Gasteiger partial charge in [-0.3, -0.25) is 10.6 Å². The van der Waals surface area contributed by atoms with E-state index in [0.717, 1.165) is 0 Å². The molecular formula is C5H3N7. The van der Waals surface area contributed by atoms with Gasteiger partial charge in [-0.15, -0.1) is 0 Å². The number of aromatic nitrogens is 3. The highest BCUT2D eigenvalue weighted by molar-refractivity contribution is 5.37. The summed E-state index contributed by atoms with van der Waals surface area (Å²) >= 11 is 0. The molecule has 0 aliphatic heterocycles. The van der Waals surface area contributed by atoms with Crippen molar-refractivity contribution in [1.29, 1.82) is 10.5 Å². The zero-order chi connectivity index (χ0) is 8.81. The predicted octanol–water partition coefficient (Wildman–Crippen LogP) is -0.342. The zero-order valence-electron chi connectivity index (χ0n) is 5.81. The molecule has 1 heterocycles. The minimum absolute atomic E-state index is 0.102. The lowest BCUT2D eigenvalue weighted by atomic mass is 10.8. The lowest BCUT2D eigenvalue weighted by molar-refractivity contribution is 1.06. The molecule has 0 amide bonds. The summed E-state index contributed by atoms with van der Waals surface area (Å²) < 4.78 is 0. The van der Waals surface area contributed by atoms with Crippen LogP contribution < -0.4 is 10.6 Å². The van der Waals surface area contributed by atoms with Crippen molar-refractivity contribution in [3.05, 3.63) is 6.33 Å². The van der Waals surface area contributed by atoms with Gasteiger partial charge in [0.1, 0.15) is 6.33 Å². The van der Waals surface area contributed by atoms with Crippen molar-refractivity contribution < 1.29 is 0 Å². The van der Waals surface area contributed by atoms with E-state index in [1.807, 2.05) is 0 Å². The highest BCUT2D eigenvalue weighted by Gasteiger charge is 1.96. The average molecular weight is 161 g/mol. The summed E-state index contributed by atoms with van der Waals surface area (Å²) in [5.41, 5.74) is 0. The Morgan fingerprint density at radius 3 is 2.00 bits per heavy atom. The maximum absolute atomic E-state index is 8.19. The quantitative estimate of drug-likeness (QED) is 0.450. The molecule has 58 valence electrons. The third-order valence-corrected chi connectivity index (χ3v) is 0.907. The fraction of sp³-hybridized carbons (Fsp3) is 0. The summed E-state index contributed by atoms with van der Waals surface area (Å²) in [5, 5.41) is 20.8. The van der Waals surface area contributed by atoms with Crippen LogP contribution in [0.1, 0.15) is 0 Å². The van der Waals surface area contributed by atoms with E-state index in [4.69, 9.17) is 10.5 Å². The Morgan fingerprint density at radius 2 is 1.58 bits per heavy atom. The summed E-state index contributed by atoms with van der Waals surface area (Å²) in [6.07, 6.45) is 4.47. The molecule has 0 aliphatic rings. The van der Waals surface area contributed by atoms with Crippen LogP contribution >= 0.6 is 0 Å². The molecule has 0 saturated carbocycles. The Hall–Kier alpha value is -2.41. The number of nitrogens with zero attached hydrogens (tertiary/aromatic N) is 5. The standard InChI is InChI=1S/C5H3N7/c6-1-8-4-10-3-11-5(12-4)9-2-7/h3H,(H2,8,9,10,11,12). The van der Waals surface area contributed by atoms with Gasteiger partial charge in [-0.25, -0.2) is 9.97 Å². The molecule has 12 heavy (non-hydrogen) atoms. The van der Waals surface area contributed by atoms with Crippen molar-refractivity contribution >= 4 is 11.9 Å². The van der Waals surface area contributed by atoms with E-state index in [-0.39, 0.29) is 11.9 Å². The van der Waals surface area contributed by atoms with Gasteiger partial charge in [0, 0.05) is 0 Å². The molecule has 0 aliphatic carbocycles. The van der Waals surface area contributed by atoms with Gasteiger partial charge in [0.05, 0.1) is 0 Å². The second-order valence-electron chi connectivity index (χ2n) is 1.61. The number of hydrogen-bond acceptors (Lipinski definition) is 7. The lowest BCUT2D eigenvalue weighted by Crippen LogP contribution is -2.01. The van der Waals surface area contributed by atoms with E-state index >= 15 is 0 Å². The van der Waals surface area contributed by atoms with Crippen LogP contribution in [0.5, 0.6) is 0 Å². The molecule has 7 heteroatoms. The van der Waals surface area contributed by atoms with E-state index in [1.54, 1.807) is 12.4 Å². The van der Waals surface area contributed by atoms with Gasteiger partial charge in [0.15, 0.2) is 12.4 Å². The molecule has 0 unspecified atom stereocenters. The molecule has 1 aromatic rings. The molecule has 1 rings (SSSR count). The van der Waals surface area contributed by atoms with Crippen LogP contribution in [0.2, 0.25) is 0 Å².